The average molecular weight is 225 g/mol. The van der Waals surface area contributed by atoms with Crippen molar-refractivity contribution in [1.29, 1.82) is 0 Å². The van der Waals surface area contributed by atoms with Gasteiger partial charge in [-0.05, 0) is 12.1 Å². The highest BCUT2D eigenvalue weighted by Gasteiger charge is 2.18. The van der Waals surface area contributed by atoms with E-state index in [-0.39, 0.29) is 5.95 Å². The normalized spacial score (nSPS) is 11.0. The predicted molar refractivity (Wildman–Crippen MR) is 55.3 cm³/mol. The van der Waals surface area contributed by atoms with Gasteiger partial charge in [0.2, 0.25) is 5.95 Å². The first-order valence-electron chi connectivity index (χ1n) is 4.60. The minimum atomic E-state index is -3.04. The fourth-order valence-electron chi connectivity index (χ4n) is 1.42. The molecule has 1 N–H and O–H groups in total. The van der Waals surface area contributed by atoms with Crippen molar-refractivity contribution in [2.24, 2.45) is 7.05 Å². The van der Waals surface area contributed by atoms with Gasteiger partial charge in [0.25, 0.3) is 5.91 Å². The lowest BCUT2D eigenvalue weighted by Crippen LogP contribution is -2.22. The number of hydrogen-bond acceptors (Lipinski definition) is 2. The number of imidazole rings is 1. The Morgan fingerprint density at radius 1 is 1.44 bits per heavy atom. The molecule has 16 heavy (non-hydrogen) atoms. The van der Waals surface area contributed by atoms with Crippen LogP contribution in [0.1, 0.15) is 0 Å². The number of carbonyl (C=O) groups excluding carboxylic acids is 1. The molecule has 0 fully saturated rings. The van der Waals surface area contributed by atoms with E-state index in [9.17, 15) is 13.6 Å². The lowest BCUT2D eigenvalue weighted by atomic mass is 10.3. The van der Waals surface area contributed by atoms with Crippen LogP contribution < -0.4 is 5.32 Å². The van der Waals surface area contributed by atoms with Gasteiger partial charge in [0.15, 0.2) is 0 Å². The molecule has 0 radical (unpaired) electrons. The van der Waals surface area contributed by atoms with Crippen LogP contribution in [0.5, 0.6) is 0 Å². The molecule has 6 heteroatoms. The second-order valence-electron chi connectivity index (χ2n) is 3.27. The maximum absolute atomic E-state index is 12.1. The van der Waals surface area contributed by atoms with Crippen molar-refractivity contribution in [3.63, 3.8) is 0 Å². The molecule has 1 aromatic carbocycles. The van der Waals surface area contributed by atoms with Crippen molar-refractivity contribution in [2.45, 2.75) is 6.43 Å². The number of aryl methyl sites for hydroxylation is 1. The summed E-state index contributed by atoms with van der Waals surface area (Å²) >= 11 is 0. The van der Waals surface area contributed by atoms with E-state index < -0.39 is 12.3 Å². The molecule has 0 bridgehead atoms. The van der Waals surface area contributed by atoms with E-state index in [1.807, 2.05) is 6.07 Å². The monoisotopic (exact) mass is 225 g/mol. The molecule has 1 aromatic heterocycles. The lowest BCUT2D eigenvalue weighted by Gasteiger charge is -2.03. The summed E-state index contributed by atoms with van der Waals surface area (Å²) in [5.41, 5.74) is 1.42. The molecule has 1 heterocycles. The second kappa shape index (κ2) is 3.88. The number of aromatic nitrogens is 2. The van der Waals surface area contributed by atoms with Gasteiger partial charge in [0.05, 0.1) is 11.0 Å². The number of nitrogens with one attached hydrogen (secondary N) is 1. The summed E-state index contributed by atoms with van der Waals surface area (Å²) in [6, 6.07) is 7.13. The van der Waals surface area contributed by atoms with E-state index in [2.05, 4.69) is 10.3 Å². The van der Waals surface area contributed by atoms with E-state index in [0.717, 1.165) is 5.52 Å². The van der Waals surface area contributed by atoms with Gasteiger partial charge in [-0.2, -0.15) is 8.78 Å². The summed E-state index contributed by atoms with van der Waals surface area (Å²) in [6.45, 7) is 0. The molecule has 0 atom stereocenters. The number of halogens is 2. The molecule has 0 spiro atoms. The van der Waals surface area contributed by atoms with Crippen LogP contribution in [0.4, 0.5) is 14.7 Å². The maximum Gasteiger partial charge on any atom is 0.315 e. The third-order valence-electron chi connectivity index (χ3n) is 2.22. The number of carbonyl (C=O) groups is 1. The van der Waals surface area contributed by atoms with Crippen molar-refractivity contribution in [3.8, 4) is 0 Å². The Labute approximate surface area is 89.9 Å². The SMILES string of the molecule is Cn1c(NC(=O)C(F)F)nc2ccccc21. The van der Waals surface area contributed by atoms with Crippen LogP contribution in [0.15, 0.2) is 24.3 Å². The molecule has 2 aromatic rings. The Kier molecular flexibility index (Phi) is 2.55. The van der Waals surface area contributed by atoms with Crippen molar-refractivity contribution in [1.82, 2.24) is 9.55 Å². The first-order valence-corrected chi connectivity index (χ1v) is 4.60. The zero-order valence-corrected chi connectivity index (χ0v) is 8.45. The van der Waals surface area contributed by atoms with Gasteiger partial charge in [-0.15, -0.1) is 0 Å². The van der Waals surface area contributed by atoms with Gasteiger partial charge < -0.3 is 4.57 Å². The number of anilines is 1. The fourth-order valence-corrected chi connectivity index (χ4v) is 1.42. The van der Waals surface area contributed by atoms with Crippen LogP contribution in [-0.2, 0) is 11.8 Å². The minimum absolute atomic E-state index is 0.117. The molecule has 0 aliphatic heterocycles. The van der Waals surface area contributed by atoms with E-state index in [4.69, 9.17) is 0 Å². The Morgan fingerprint density at radius 2 is 2.12 bits per heavy atom. The Balaban J connectivity index is 2.38. The van der Waals surface area contributed by atoms with Gasteiger partial charge in [-0.25, -0.2) is 4.98 Å². The number of rotatable bonds is 2. The summed E-state index contributed by atoms with van der Waals surface area (Å²) in [6.07, 6.45) is -3.04. The maximum atomic E-state index is 12.1. The highest BCUT2D eigenvalue weighted by atomic mass is 19.3. The van der Waals surface area contributed by atoms with Crippen LogP contribution >= 0.6 is 0 Å². The molecule has 0 saturated carbocycles. The summed E-state index contributed by atoms with van der Waals surface area (Å²) in [5.74, 6) is -1.23. The third-order valence-corrected chi connectivity index (χ3v) is 2.22. The zero-order chi connectivity index (χ0) is 11.7. The lowest BCUT2D eigenvalue weighted by molar-refractivity contribution is -0.126. The van der Waals surface area contributed by atoms with Gasteiger partial charge in [-0.3, -0.25) is 10.1 Å². The first kappa shape index (κ1) is 10.5. The molecule has 84 valence electrons. The van der Waals surface area contributed by atoms with Crippen LogP contribution in [0, 0.1) is 0 Å². The average Bonchev–Trinajstić information content (AvgIpc) is 2.56. The van der Waals surface area contributed by atoms with E-state index in [1.165, 1.54) is 0 Å². The highest BCUT2D eigenvalue weighted by molar-refractivity contribution is 5.93. The van der Waals surface area contributed by atoms with Gasteiger partial charge in [0, 0.05) is 7.05 Å². The molecular formula is C10H9F2N3O. The number of nitrogens with zero attached hydrogens (tertiary/aromatic N) is 2. The Bertz CT molecular complexity index is 536. The largest absolute Gasteiger partial charge is 0.315 e. The number of hydrogen-bond donors (Lipinski definition) is 1. The molecule has 0 unspecified atom stereocenters. The number of amides is 1. The van der Waals surface area contributed by atoms with Gasteiger partial charge in [-0.1, -0.05) is 12.1 Å². The summed E-state index contributed by atoms with van der Waals surface area (Å²) < 4.78 is 25.7. The third kappa shape index (κ3) is 1.73. The van der Waals surface area contributed by atoms with Gasteiger partial charge >= 0.3 is 6.43 Å². The quantitative estimate of drug-likeness (QED) is 0.846. The fraction of sp³-hybridized carbons (Fsp3) is 0.200. The summed E-state index contributed by atoms with van der Waals surface area (Å²) in [4.78, 5) is 14.9. The van der Waals surface area contributed by atoms with E-state index in [0.29, 0.717) is 5.52 Å². The standard InChI is InChI=1S/C10H9F2N3O/c1-15-7-5-3-2-4-6(7)13-10(15)14-9(16)8(11)12/h2-5,8H,1H3,(H,13,14,16). The molecule has 0 saturated heterocycles. The Hall–Kier alpha value is -1.98. The van der Waals surface area contributed by atoms with E-state index in [1.54, 1.807) is 29.8 Å². The topological polar surface area (TPSA) is 46.9 Å². The van der Waals surface area contributed by atoms with Crippen molar-refractivity contribution in [2.75, 3.05) is 5.32 Å². The molecule has 4 nitrogen and oxygen atoms in total. The van der Waals surface area contributed by atoms with Crippen LogP contribution in [-0.4, -0.2) is 21.9 Å². The summed E-state index contributed by atoms with van der Waals surface area (Å²) in [5, 5.41) is 2.06. The second-order valence-corrected chi connectivity index (χ2v) is 3.27. The molecule has 0 aliphatic rings. The van der Waals surface area contributed by atoms with Crippen LogP contribution in [0.25, 0.3) is 11.0 Å². The van der Waals surface area contributed by atoms with Crippen LogP contribution in [0.2, 0.25) is 0 Å². The Morgan fingerprint density at radius 3 is 2.75 bits per heavy atom. The van der Waals surface area contributed by atoms with Crippen molar-refractivity contribution >= 4 is 22.9 Å². The zero-order valence-electron chi connectivity index (χ0n) is 8.45. The number of para-hydroxylation sites is 2. The number of alkyl halides is 2. The van der Waals surface area contributed by atoms with Crippen molar-refractivity contribution in [3.05, 3.63) is 24.3 Å². The number of benzene rings is 1. The van der Waals surface area contributed by atoms with E-state index >= 15 is 0 Å². The molecule has 2 rings (SSSR count). The van der Waals surface area contributed by atoms with Gasteiger partial charge in [0.1, 0.15) is 0 Å². The van der Waals surface area contributed by atoms with Crippen LogP contribution in [0.3, 0.4) is 0 Å². The number of fused-ring (bicyclic) bond motifs is 1. The first-order chi connectivity index (χ1) is 7.59. The smallest absolute Gasteiger partial charge is 0.313 e. The van der Waals surface area contributed by atoms with Crippen molar-refractivity contribution < 1.29 is 13.6 Å². The molecule has 0 aliphatic carbocycles. The molecular weight excluding hydrogens is 216 g/mol. The minimum Gasteiger partial charge on any atom is -0.313 e. The highest BCUT2D eigenvalue weighted by Crippen LogP contribution is 2.17. The summed E-state index contributed by atoms with van der Waals surface area (Å²) in [7, 11) is 1.65. The predicted octanol–water partition coefficient (Wildman–Crippen LogP) is 1.78. The molecule has 1 amide bonds.